The summed E-state index contributed by atoms with van der Waals surface area (Å²) < 4.78 is 0. The average molecular weight is 274 g/mol. The molecule has 0 aromatic heterocycles. The number of hydrogen-bond acceptors (Lipinski definition) is 1. The third-order valence-electron chi connectivity index (χ3n) is 5.17. The van der Waals surface area contributed by atoms with E-state index >= 15 is 0 Å². The molecular formula is C19H30O. The molecule has 2 rings (SSSR count). The largest absolute Gasteiger partial charge is 0.385 e. The minimum atomic E-state index is -0.615. The molecule has 2 unspecified atom stereocenters. The molecule has 1 saturated carbocycles. The lowest BCUT2D eigenvalue weighted by molar-refractivity contribution is 0.0173. The van der Waals surface area contributed by atoms with Gasteiger partial charge in [0.15, 0.2) is 0 Å². The van der Waals surface area contributed by atoms with Crippen molar-refractivity contribution in [1.82, 2.24) is 0 Å². The molecule has 0 spiro atoms. The van der Waals surface area contributed by atoms with Crippen molar-refractivity contribution in [1.29, 1.82) is 0 Å². The zero-order chi connectivity index (χ0) is 15.0. The van der Waals surface area contributed by atoms with Crippen molar-refractivity contribution < 1.29 is 5.11 Å². The Morgan fingerprint density at radius 3 is 2.45 bits per heavy atom. The summed E-state index contributed by atoms with van der Waals surface area (Å²) in [6.45, 7) is 11.2. The van der Waals surface area contributed by atoms with Crippen molar-refractivity contribution in [2.24, 2.45) is 11.3 Å². The molecule has 0 radical (unpaired) electrons. The fourth-order valence-corrected chi connectivity index (χ4v) is 3.70. The maximum absolute atomic E-state index is 11.2. The van der Waals surface area contributed by atoms with Crippen LogP contribution < -0.4 is 0 Å². The Hall–Kier alpha value is -0.820. The molecule has 1 N–H and O–H groups in total. The van der Waals surface area contributed by atoms with Crippen LogP contribution in [0, 0.1) is 25.2 Å². The zero-order valence-electron chi connectivity index (χ0n) is 13.8. The van der Waals surface area contributed by atoms with Gasteiger partial charge in [0.25, 0.3) is 0 Å². The molecule has 1 aliphatic carbocycles. The number of aryl methyl sites for hydroxylation is 2. The molecule has 0 aliphatic heterocycles. The second-order valence-corrected chi connectivity index (χ2v) is 7.84. The summed E-state index contributed by atoms with van der Waals surface area (Å²) in [5, 5.41) is 11.2. The van der Waals surface area contributed by atoms with Crippen LogP contribution in [-0.2, 0) is 5.60 Å². The van der Waals surface area contributed by atoms with Crippen molar-refractivity contribution in [3.8, 4) is 0 Å². The second-order valence-electron chi connectivity index (χ2n) is 7.84. The first-order valence-electron chi connectivity index (χ1n) is 8.02. The van der Waals surface area contributed by atoms with Crippen LogP contribution in [0.2, 0.25) is 0 Å². The predicted molar refractivity (Wildman–Crippen MR) is 85.8 cm³/mol. The summed E-state index contributed by atoms with van der Waals surface area (Å²) in [4.78, 5) is 0. The van der Waals surface area contributed by atoms with Crippen LogP contribution >= 0.6 is 0 Å². The number of rotatable bonds is 1. The molecule has 0 bridgehead atoms. The predicted octanol–water partition coefficient (Wildman–Crippen LogP) is 5.12. The Balaban J connectivity index is 2.25. The summed E-state index contributed by atoms with van der Waals surface area (Å²) in [5.41, 5.74) is 3.37. The van der Waals surface area contributed by atoms with E-state index < -0.39 is 5.60 Å². The van der Waals surface area contributed by atoms with Crippen LogP contribution in [0.25, 0.3) is 0 Å². The third-order valence-corrected chi connectivity index (χ3v) is 5.17. The SMILES string of the molecule is Cc1ccc(C)c(C2(O)CCCC(C(C)(C)C)CC2)c1. The highest BCUT2D eigenvalue weighted by molar-refractivity contribution is 5.35. The molecule has 1 fully saturated rings. The van der Waals surface area contributed by atoms with Crippen molar-refractivity contribution in [2.75, 3.05) is 0 Å². The Morgan fingerprint density at radius 1 is 1.10 bits per heavy atom. The number of aliphatic hydroxyl groups is 1. The summed E-state index contributed by atoms with van der Waals surface area (Å²) in [5.74, 6) is 0.724. The van der Waals surface area contributed by atoms with Crippen LogP contribution in [0.5, 0.6) is 0 Å². The Bertz CT molecular complexity index is 469. The molecule has 1 nitrogen and oxygen atoms in total. The first-order valence-corrected chi connectivity index (χ1v) is 8.02. The third kappa shape index (κ3) is 3.25. The van der Waals surface area contributed by atoms with Gasteiger partial charge in [-0.1, -0.05) is 44.5 Å². The van der Waals surface area contributed by atoms with E-state index in [2.05, 4.69) is 52.8 Å². The summed E-state index contributed by atoms with van der Waals surface area (Å²) in [6, 6.07) is 6.47. The molecule has 2 atom stereocenters. The molecule has 0 heterocycles. The molecule has 0 saturated heterocycles. The molecule has 1 heteroatoms. The van der Waals surface area contributed by atoms with E-state index in [1.807, 2.05) is 0 Å². The van der Waals surface area contributed by atoms with Gasteiger partial charge in [0, 0.05) is 0 Å². The van der Waals surface area contributed by atoms with Gasteiger partial charge in [-0.2, -0.15) is 0 Å². The van der Waals surface area contributed by atoms with Gasteiger partial charge in [-0.15, -0.1) is 0 Å². The highest BCUT2D eigenvalue weighted by Gasteiger charge is 2.36. The molecular weight excluding hydrogens is 244 g/mol. The first-order chi connectivity index (χ1) is 9.22. The van der Waals surface area contributed by atoms with Gasteiger partial charge in [0.05, 0.1) is 5.60 Å². The van der Waals surface area contributed by atoms with E-state index in [0.717, 1.165) is 37.2 Å². The summed E-state index contributed by atoms with van der Waals surface area (Å²) in [6.07, 6.45) is 5.32. The fourth-order valence-electron chi connectivity index (χ4n) is 3.70. The van der Waals surface area contributed by atoms with Crippen molar-refractivity contribution in [3.05, 3.63) is 34.9 Å². The molecule has 0 amide bonds. The van der Waals surface area contributed by atoms with Gasteiger partial charge in [-0.05, 0) is 68.4 Å². The van der Waals surface area contributed by atoms with Crippen LogP contribution in [0.15, 0.2) is 18.2 Å². The maximum Gasteiger partial charge on any atom is 0.0899 e. The van der Waals surface area contributed by atoms with E-state index in [1.165, 1.54) is 17.5 Å². The lowest BCUT2D eigenvalue weighted by Gasteiger charge is -2.32. The van der Waals surface area contributed by atoms with Gasteiger partial charge >= 0.3 is 0 Å². The van der Waals surface area contributed by atoms with Crippen molar-refractivity contribution >= 4 is 0 Å². The lowest BCUT2D eigenvalue weighted by Crippen LogP contribution is -2.27. The molecule has 1 aromatic carbocycles. The standard InChI is InChI=1S/C19H30O/c1-14-8-9-15(2)17(13-14)19(20)11-6-7-16(10-12-19)18(3,4)5/h8-9,13,16,20H,6-7,10-12H2,1-5H3. The first kappa shape index (κ1) is 15.6. The Morgan fingerprint density at radius 2 is 1.80 bits per heavy atom. The smallest absolute Gasteiger partial charge is 0.0899 e. The molecule has 1 aliphatic rings. The topological polar surface area (TPSA) is 20.2 Å². The van der Waals surface area contributed by atoms with Gasteiger partial charge < -0.3 is 5.11 Å². The highest BCUT2D eigenvalue weighted by atomic mass is 16.3. The highest BCUT2D eigenvalue weighted by Crippen LogP contribution is 2.44. The summed E-state index contributed by atoms with van der Waals surface area (Å²) >= 11 is 0. The minimum absolute atomic E-state index is 0.354. The van der Waals surface area contributed by atoms with E-state index in [0.29, 0.717) is 5.41 Å². The second kappa shape index (κ2) is 5.52. The number of hydrogen-bond donors (Lipinski definition) is 1. The van der Waals surface area contributed by atoms with E-state index in [9.17, 15) is 5.11 Å². The van der Waals surface area contributed by atoms with E-state index in [-0.39, 0.29) is 0 Å². The van der Waals surface area contributed by atoms with Crippen LogP contribution in [0.4, 0.5) is 0 Å². The Kier molecular flexibility index (Phi) is 4.30. The van der Waals surface area contributed by atoms with Crippen LogP contribution in [0.1, 0.15) is 69.6 Å². The van der Waals surface area contributed by atoms with Crippen LogP contribution in [0.3, 0.4) is 0 Å². The maximum atomic E-state index is 11.2. The molecule has 20 heavy (non-hydrogen) atoms. The number of benzene rings is 1. The zero-order valence-corrected chi connectivity index (χ0v) is 13.8. The lowest BCUT2D eigenvalue weighted by atomic mass is 9.76. The monoisotopic (exact) mass is 274 g/mol. The van der Waals surface area contributed by atoms with Crippen molar-refractivity contribution in [3.63, 3.8) is 0 Å². The van der Waals surface area contributed by atoms with Gasteiger partial charge in [0.2, 0.25) is 0 Å². The average Bonchev–Trinajstić information content (AvgIpc) is 2.55. The van der Waals surface area contributed by atoms with E-state index in [4.69, 9.17) is 0 Å². The quantitative estimate of drug-likeness (QED) is 0.705. The summed E-state index contributed by atoms with van der Waals surface area (Å²) in [7, 11) is 0. The molecule has 1 aromatic rings. The van der Waals surface area contributed by atoms with E-state index in [1.54, 1.807) is 0 Å². The van der Waals surface area contributed by atoms with Gasteiger partial charge in [-0.25, -0.2) is 0 Å². The molecule has 112 valence electrons. The fraction of sp³-hybridized carbons (Fsp3) is 0.684. The van der Waals surface area contributed by atoms with Crippen molar-refractivity contribution in [2.45, 2.75) is 72.3 Å². The van der Waals surface area contributed by atoms with Crippen LogP contribution in [-0.4, -0.2) is 5.11 Å². The van der Waals surface area contributed by atoms with Gasteiger partial charge in [0.1, 0.15) is 0 Å². The normalized spacial score (nSPS) is 28.2. The minimum Gasteiger partial charge on any atom is -0.385 e. The Labute approximate surface area is 124 Å². The van der Waals surface area contributed by atoms with Gasteiger partial charge in [-0.3, -0.25) is 0 Å².